The Morgan fingerprint density at radius 1 is 1.36 bits per heavy atom. The van der Waals surface area contributed by atoms with Gasteiger partial charge in [-0.15, -0.1) is 0 Å². The second kappa shape index (κ2) is 3.96. The zero-order chi connectivity index (χ0) is 9.80. The van der Waals surface area contributed by atoms with E-state index in [0.717, 1.165) is 5.56 Å². The van der Waals surface area contributed by atoms with E-state index in [0.29, 0.717) is 6.61 Å². The molecule has 1 heterocycles. The van der Waals surface area contributed by atoms with Crippen molar-refractivity contribution in [2.24, 2.45) is 0 Å². The van der Waals surface area contributed by atoms with Gasteiger partial charge in [-0.05, 0) is 5.56 Å². The van der Waals surface area contributed by atoms with Crippen LogP contribution in [0.4, 0.5) is 4.79 Å². The molecule has 3 nitrogen and oxygen atoms in total. The third kappa shape index (κ3) is 2.13. The maximum Gasteiger partial charge on any atom is 0.407 e. The van der Waals surface area contributed by atoms with Gasteiger partial charge in [0.25, 0.3) is 0 Å². The minimum atomic E-state index is -0.340. The highest BCUT2D eigenvalue weighted by atomic mass is 16.6. The molecule has 0 spiro atoms. The van der Waals surface area contributed by atoms with Gasteiger partial charge in [0.1, 0.15) is 6.61 Å². The summed E-state index contributed by atoms with van der Waals surface area (Å²) in [7, 11) is 0. The molecule has 0 aromatic heterocycles. The number of hydrogen-bond acceptors (Lipinski definition) is 2. The van der Waals surface area contributed by atoms with Crippen LogP contribution in [0, 0.1) is 0 Å². The summed E-state index contributed by atoms with van der Waals surface area (Å²) in [6.45, 7) is 0.419. The maximum absolute atomic E-state index is 10.7. The predicted molar refractivity (Wildman–Crippen MR) is 53.7 cm³/mol. The summed E-state index contributed by atoms with van der Waals surface area (Å²) in [4.78, 5) is 10.7. The minimum absolute atomic E-state index is 0.00251. The summed E-state index contributed by atoms with van der Waals surface area (Å²) in [5.41, 5.74) is 1.12. The van der Waals surface area contributed by atoms with Gasteiger partial charge in [-0.1, -0.05) is 42.5 Å². The Morgan fingerprint density at radius 2 is 2.14 bits per heavy atom. The topological polar surface area (TPSA) is 38.3 Å². The van der Waals surface area contributed by atoms with E-state index in [1.807, 2.05) is 42.5 Å². The van der Waals surface area contributed by atoms with Gasteiger partial charge in [0.05, 0.1) is 6.04 Å². The molecule has 0 radical (unpaired) electrons. The first-order valence-electron chi connectivity index (χ1n) is 4.51. The number of rotatable bonds is 2. The third-order valence-corrected chi connectivity index (χ3v) is 2.02. The first-order chi connectivity index (χ1) is 6.84. The molecule has 0 saturated carbocycles. The van der Waals surface area contributed by atoms with Crippen LogP contribution in [0.15, 0.2) is 36.4 Å². The fraction of sp³-hybridized carbons (Fsp3) is 0.182. The van der Waals surface area contributed by atoms with Crippen LogP contribution >= 0.6 is 0 Å². The third-order valence-electron chi connectivity index (χ3n) is 2.02. The molecular weight excluding hydrogens is 178 g/mol. The van der Waals surface area contributed by atoms with Crippen LogP contribution in [-0.4, -0.2) is 18.7 Å². The zero-order valence-corrected chi connectivity index (χ0v) is 7.64. The number of cyclic esters (lactones) is 1. The summed E-state index contributed by atoms with van der Waals surface area (Å²) in [6.07, 6.45) is 3.56. The fourth-order valence-corrected chi connectivity index (χ4v) is 1.30. The summed E-state index contributed by atoms with van der Waals surface area (Å²) >= 11 is 0. The molecular formula is C11H11NO2. The smallest absolute Gasteiger partial charge is 0.407 e. The number of carbonyl (C=O) groups is 1. The van der Waals surface area contributed by atoms with Crippen molar-refractivity contribution in [3.05, 3.63) is 42.0 Å². The van der Waals surface area contributed by atoms with Gasteiger partial charge >= 0.3 is 6.09 Å². The predicted octanol–water partition coefficient (Wildman–Crippen LogP) is 1.81. The summed E-state index contributed by atoms with van der Waals surface area (Å²) in [6, 6.07) is 9.94. The average molecular weight is 189 g/mol. The molecule has 3 heteroatoms. The Hall–Kier alpha value is -1.77. The molecule has 2 rings (SSSR count). The van der Waals surface area contributed by atoms with E-state index in [2.05, 4.69) is 5.32 Å². The van der Waals surface area contributed by atoms with Gasteiger partial charge in [-0.25, -0.2) is 4.79 Å². The summed E-state index contributed by atoms with van der Waals surface area (Å²) in [5, 5.41) is 2.68. The molecule has 72 valence electrons. The van der Waals surface area contributed by atoms with Gasteiger partial charge in [-0.2, -0.15) is 0 Å². The van der Waals surface area contributed by atoms with Crippen LogP contribution in [0.25, 0.3) is 6.08 Å². The van der Waals surface area contributed by atoms with E-state index < -0.39 is 0 Å². The molecule has 1 aliphatic rings. The number of nitrogens with one attached hydrogen (secondary N) is 1. The van der Waals surface area contributed by atoms with Gasteiger partial charge < -0.3 is 10.1 Å². The molecule has 1 aromatic rings. The van der Waals surface area contributed by atoms with Crippen LogP contribution in [0.2, 0.25) is 0 Å². The Morgan fingerprint density at radius 3 is 2.79 bits per heavy atom. The van der Waals surface area contributed by atoms with Crippen molar-refractivity contribution >= 4 is 12.2 Å². The van der Waals surface area contributed by atoms with Crippen molar-refractivity contribution in [1.29, 1.82) is 0 Å². The van der Waals surface area contributed by atoms with E-state index in [4.69, 9.17) is 4.74 Å². The number of ether oxygens (including phenoxy) is 1. The molecule has 1 unspecified atom stereocenters. The van der Waals surface area contributed by atoms with Gasteiger partial charge in [0.15, 0.2) is 0 Å². The Bertz CT molecular complexity index is 346. The average Bonchev–Trinajstić information content (AvgIpc) is 2.63. The lowest BCUT2D eigenvalue weighted by Crippen LogP contribution is -2.23. The number of alkyl carbamates (subject to hydrolysis) is 1. The van der Waals surface area contributed by atoms with Crippen molar-refractivity contribution in [3.8, 4) is 0 Å². The molecule has 1 fully saturated rings. The van der Waals surface area contributed by atoms with Crippen molar-refractivity contribution in [2.75, 3.05) is 6.61 Å². The number of amides is 1. The summed E-state index contributed by atoms with van der Waals surface area (Å²) < 4.78 is 4.75. The standard InChI is InChI=1S/C11H11NO2/c13-11-12-10(8-14-11)7-6-9-4-2-1-3-5-9/h1-7,10H,8H2,(H,12,13). The highest BCUT2D eigenvalue weighted by Gasteiger charge is 2.18. The molecule has 1 atom stereocenters. The van der Waals surface area contributed by atoms with E-state index in [-0.39, 0.29) is 12.1 Å². The number of carbonyl (C=O) groups excluding carboxylic acids is 1. The number of benzene rings is 1. The molecule has 1 aliphatic heterocycles. The van der Waals surface area contributed by atoms with Crippen molar-refractivity contribution in [1.82, 2.24) is 5.32 Å². The van der Waals surface area contributed by atoms with Crippen LogP contribution in [0.5, 0.6) is 0 Å². The van der Waals surface area contributed by atoms with Gasteiger partial charge in [0.2, 0.25) is 0 Å². The lowest BCUT2D eigenvalue weighted by atomic mass is 10.2. The highest BCUT2D eigenvalue weighted by Crippen LogP contribution is 2.04. The second-order valence-electron chi connectivity index (χ2n) is 3.12. The molecule has 0 bridgehead atoms. The highest BCUT2D eigenvalue weighted by molar-refractivity contribution is 5.70. The first kappa shape index (κ1) is 8.81. The second-order valence-corrected chi connectivity index (χ2v) is 3.12. The largest absolute Gasteiger partial charge is 0.447 e. The minimum Gasteiger partial charge on any atom is -0.447 e. The van der Waals surface area contributed by atoms with E-state index in [9.17, 15) is 4.79 Å². The fourth-order valence-electron chi connectivity index (χ4n) is 1.30. The molecule has 1 amide bonds. The SMILES string of the molecule is O=C1NC(C=Cc2ccccc2)CO1. The number of hydrogen-bond donors (Lipinski definition) is 1. The normalized spacial score (nSPS) is 20.9. The van der Waals surface area contributed by atoms with E-state index >= 15 is 0 Å². The quantitative estimate of drug-likeness (QED) is 0.770. The molecule has 0 aliphatic carbocycles. The van der Waals surface area contributed by atoms with E-state index in [1.165, 1.54) is 0 Å². The monoisotopic (exact) mass is 189 g/mol. The lowest BCUT2D eigenvalue weighted by Gasteiger charge is -1.98. The van der Waals surface area contributed by atoms with Crippen LogP contribution in [0.1, 0.15) is 5.56 Å². The molecule has 14 heavy (non-hydrogen) atoms. The van der Waals surface area contributed by atoms with Gasteiger partial charge in [0, 0.05) is 0 Å². The molecule has 1 saturated heterocycles. The van der Waals surface area contributed by atoms with Crippen molar-refractivity contribution < 1.29 is 9.53 Å². The summed E-state index contributed by atoms with van der Waals surface area (Å²) in [5.74, 6) is 0. The van der Waals surface area contributed by atoms with Crippen molar-refractivity contribution in [2.45, 2.75) is 6.04 Å². The van der Waals surface area contributed by atoms with Crippen LogP contribution in [0.3, 0.4) is 0 Å². The lowest BCUT2D eigenvalue weighted by molar-refractivity contribution is 0.177. The van der Waals surface area contributed by atoms with Gasteiger partial charge in [-0.3, -0.25) is 0 Å². The Labute approximate surface area is 82.4 Å². The van der Waals surface area contributed by atoms with Crippen LogP contribution < -0.4 is 5.32 Å². The first-order valence-corrected chi connectivity index (χ1v) is 4.51. The van der Waals surface area contributed by atoms with Crippen molar-refractivity contribution in [3.63, 3.8) is 0 Å². The molecule has 1 aromatic carbocycles. The maximum atomic E-state index is 10.7. The Kier molecular flexibility index (Phi) is 2.49. The van der Waals surface area contributed by atoms with Crippen LogP contribution in [-0.2, 0) is 4.74 Å². The molecule has 1 N–H and O–H groups in total. The van der Waals surface area contributed by atoms with E-state index in [1.54, 1.807) is 0 Å². The zero-order valence-electron chi connectivity index (χ0n) is 7.64. The Balaban J connectivity index is 1.97.